The molecule has 3 heteroatoms. The number of benzene rings is 2. The van der Waals surface area contributed by atoms with Crippen molar-refractivity contribution in [1.82, 2.24) is 5.32 Å². The highest BCUT2D eigenvalue weighted by atomic mass is 32.2. The summed E-state index contributed by atoms with van der Waals surface area (Å²) >= 11 is 1.87. The summed E-state index contributed by atoms with van der Waals surface area (Å²) in [6, 6.07) is 17.5. The Morgan fingerprint density at radius 2 is 1.76 bits per heavy atom. The van der Waals surface area contributed by atoms with E-state index in [4.69, 9.17) is 0 Å². The molecule has 0 saturated heterocycles. The average Bonchev–Trinajstić information content (AvgIpc) is 2.51. The highest BCUT2D eigenvalue weighted by molar-refractivity contribution is 7.99. The van der Waals surface area contributed by atoms with E-state index in [1.54, 1.807) is 12.1 Å². The highest BCUT2D eigenvalue weighted by Crippen LogP contribution is 2.22. The van der Waals surface area contributed by atoms with Crippen molar-refractivity contribution in [3.05, 3.63) is 66.0 Å². The van der Waals surface area contributed by atoms with Crippen LogP contribution in [0.25, 0.3) is 0 Å². The van der Waals surface area contributed by atoms with Gasteiger partial charge in [0.2, 0.25) is 0 Å². The topological polar surface area (TPSA) is 12.0 Å². The van der Waals surface area contributed by atoms with Gasteiger partial charge in [-0.3, -0.25) is 0 Å². The van der Waals surface area contributed by atoms with Gasteiger partial charge in [-0.15, -0.1) is 11.8 Å². The van der Waals surface area contributed by atoms with E-state index in [-0.39, 0.29) is 5.82 Å². The van der Waals surface area contributed by atoms with Crippen LogP contribution in [0.2, 0.25) is 0 Å². The minimum absolute atomic E-state index is 0.0886. The monoisotopic (exact) mass is 303 g/mol. The van der Waals surface area contributed by atoms with E-state index < -0.39 is 0 Å². The van der Waals surface area contributed by atoms with Gasteiger partial charge < -0.3 is 5.32 Å². The Morgan fingerprint density at radius 1 is 1.05 bits per heavy atom. The van der Waals surface area contributed by atoms with Crippen LogP contribution < -0.4 is 5.32 Å². The predicted molar refractivity (Wildman–Crippen MR) is 89.3 cm³/mol. The molecule has 0 spiro atoms. The Kier molecular flexibility index (Phi) is 6.77. The molecule has 0 aromatic heterocycles. The van der Waals surface area contributed by atoms with E-state index in [1.165, 1.54) is 4.90 Å². The van der Waals surface area contributed by atoms with E-state index in [0.717, 1.165) is 30.7 Å². The molecule has 2 rings (SSSR count). The number of halogens is 1. The van der Waals surface area contributed by atoms with Crippen molar-refractivity contribution in [1.29, 1.82) is 0 Å². The first-order chi connectivity index (χ1) is 10.3. The first-order valence-corrected chi connectivity index (χ1v) is 8.34. The molecule has 0 aliphatic heterocycles. The van der Waals surface area contributed by atoms with Crippen molar-refractivity contribution in [2.75, 3.05) is 19.3 Å². The Bertz CT molecular complexity index is 530. The molecule has 0 radical (unpaired) electrons. The van der Waals surface area contributed by atoms with Gasteiger partial charge >= 0.3 is 0 Å². The molecule has 2 aromatic rings. The van der Waals surface area contributed by atoms with Gasteiger partial charge in [0, 0.05) is 4.90 Å². The maximum absolute atomic E-state index is 13.8. The lowest BCUT2D eigenvalue weighted by molar-refractivity contribution is 0.472. The quantitative estimate of drug-likeness (QED) is 0.726. The van der Waals surface area contributed by atoms with E-state index >= 15 is 0 Å². The first kappa shape index (κ1) is 16.1. The molecule has 0 fully saturated rings. The van der Waals surface area contributed by atoms with Crippen molar-refractivity contribution in [3.8, 4) is 0 Å². The van der Waals surface area contributed by atoms with Crippen molar-refractivity contribution >= 4 is 11.8 Å². The smallest absolute Gasteiger partial charge is 0.126 e. The second-order valence-corrected chi connectivity index (χ2v) is 6.34. The van der Waals surface area contributed by atoms with Crippen LogP contribution in [0.4, 0.5) is 4.39 Å². The molecule has 0 amide bonds. The lowest BCUT2D eigenvalue weighted by atomic mass is 9.96. The number of hydrogen-bond acceptors (Lipinski definition) is 2. The van der Waals surface area contributed by atoms with E-state index in [2.05, 4.69) is 29.6 Å². The fourth-order valence-electron chi connectivity index (χ4n) is 2.40. The van der Waals surface area contributed by atoms with Crippen molar-refractivity contribution in [3.63, 3.8) is 0 Å². The number of rotatable bonds is 8. The molecular formula is C18H22FNS. The predicted octanol–water partition coefficient (Wildman–Crippen LogP) is 4.39. The summed E-state index contributed by atoms with van der Waals surface area (Å²) in [7, 11) is 1.96. The SMILES string of the molecule is CNCC(CCSc1ccccc1)Cc1ccccc1F. The van der Waals surface area contributed by atoms with Gasteiger partial charge in [0.25, 0.3) is 0 Å². The van der Waals surface area contributed by atoms with Gasteiger partial charge in [-0.2, -0.15) is 0 Å². The lowest BCUT2D eigenvalue weighted by Crippen LogP contribution is -2.21. The summed E-state index contributed by atoms with van der Waals surface area (Å²) in [5, 5.41) is 3.22. The maximum atomic E-state index is 13.8. The standard InChI is InChI=1S/C18H22FNS/c1-20-14-15(13-16-7-5-6-10-18(16)19)11-12-21-17-8-3-2-4-9-17/h2-10,15,20H,11-14H2,1H3. The van der Waals surface area contributed by atoms with Crippen LogP contribution in [-0.2, 0) is 6.42 Å². The normalized spacial score (nSPS) is 12.3. The Labute approximate surface area is 131 Å². The Hall–Kier alpha value is -1.32. The molecule has 0 aliphatic carbocycles. The summed E-state index contributed by atoms with van der Waals surface area (Å²) in [5.74, 6) is 1.43. The van der Waals surface area contributed by atoms with Gasteiger partial charge in [0.15, 0.2) is 0 Å². The molecule has 1 nitrogen and oxygen atoms in total. The second-order valence-electron chi connectivity index (χ2n) is 5.17. The van der Waals surface area contributed by atoms with Gasteiger partial charge in [0.1, 0.15) is 5.82 Å². The van der Waals surface area contributed by atoms with Gasteiger partial charge in [-0.1, -0.05) is 36.4 Å². The van der Waals surface area contributed by atoms with Crippen LogP contribution in [0, 0.1) is 11.7 Å². The van der Waals surface area contributed by atoms with E-state index in [1.807, 2.05) is 37.0 Å². The molecule has 0 heterocycles. The summed E-state index contributed by atoms with van der Waals surface area (Å²) in [5.41, 5.74) is 0.822. The summed E-state index contributed by atoms with van der Waals surface area (Å²) < 4.78 is 13.8. The molecule has 1 N–H and O–H groups in total. The van der Waals surface area contributed by atoms with Gasteiger partial charge in [-0.25, -0.2) is 4.39 Å². The lowest BCUT2D eigenvalue weighted by Gasteiger charge is -2.17. The molecule has 0 saturated carbocycles. The van der Waals surface area contributed by atoms with Crippen molar-refractivity contribution < 1.29 is 4.39 Å². The van der Waals surface area contributed by atoms with Crippen LogP contribution in [0.3, 0.4) is 0 Å². The number of nitrogens with one attached hydrogen (secondary N) is 1. The van der Waals surface area contributed by atoms with Gasteiger partial charge in [-0.05, 0) is 61.9 Å². The Morgan fingerprint density at radius 3 is 2.48 bits per heavy atom. The highest BCUT2D eigenvalue weighted by Gasteiger charge is 2.11. The maximum Gasteiger partial charge on any atom is 0.126 e. The fourth-order valence-corrected chi connectivity index (χ4v) is 3.44. The molecule has 2 aromatic carbocycles. The fraction of sp³-hybridized carbons (Fsp3) is 0.333. The zero-order chi connectivity index (χ0) is 14.9. The Balaban J connectivity index is 1.86. The minimum atomic E-state index is -0.0886. The molecule has 112 valence electrons. The largest absolute Gasteiger partial charge is 0.319 e. The third-order valence-electron chi connectivity index (χ3n) is 3.50. The first-order valence-electron chi connectivity index (χ1n) is 7.35. The zero-order valence-electron chi connectivity index (χ0n) is 12.4. The average molecular weight is 303 g/mol. The van der Waals surface area contributed by atoms with Crippen LogP contribution in [-0.4, -0.2) is 19.3 Å². The van der Waals surface area contributed by atoms with Crippen molar-refractivity contribution in [2.45, 2.75) is 17.7 Å². The third kappa shape index (κ3) is 5.52. The summed E-state index contributed by atoms with van der Waals surface area (Å²) in [4.78, 5) is 1.30. The number of thioether (sulfide) groups is 1. The molecular weight excluding hydrogens is 281 g/mol. The molecule has 0 bridgehead atoms. The van der Waals surface area contributed by atoms with Crippen molar-refractivity contribution in [2.24, 2.45) is 5.92 Å². The van der Waals surface area contributed by atoms with E-state index in [0.29, 0.717) is 5.92 Å². The van der Waals surface area contributed by atoms with E-state index in [9.17, 15) is 4.39 Å². The van der Waals surface area contributed by atoms with Crippen LogP contribution in [0.1, 0.15) is 12.0 Å². The van der Waals surface area contributed by atoms with Crippen LogP contribution in [0.5, 0.6) is 0 Å². The van der Waals surface area contributed by atoms with Crippen LogP contribution >= 0.6 is 11.8 Å². The third-order valence-corrected chi connectivity index (χ3v) is 4.54. The van der Waals surface area contributed by atoms with Gasteiger partial charge in [0.05, 0.1) is 0 Å². The molecule has 0 aliphatic rings. The molecule has 1 atom stereocenters. The minimum Gasteiger partial charge on any atom is -0.319 e. The summed E-state index contributed by atoms with van der Waals surface area (Å²) in [6.07, 6.45) is 1.87. The zero-order valence-corrected chi connectivity index (χ0v) is 13.2. The number of hydrogen-bond donors (Lipinski definition) is 1. The molecule has 1 unspecified atom stereocenters. The second kappa shape index (κ2) is 8.85. The molecule has 21 heavy (non-hydrogen) atoms. The summed E-state index contributed by atoms with van der Waals surface area (Å²) in [6.45, 7) is 0.920. The van der Waals surface area contributed by atoms with Crippen LogP contribution in [0.15, 0.2) is 59.5 Å².